The first-order valence-corrected chi connectivity index (χ1v) is 7.06. The molecular formula is C16H13FN2O5. The minimum atomic E-state index is -0.499. The maximum atomic E-state index is 13.5. The van der Waals surface area contributed by atoms with Crippen molar-refractivity contribution in [2.75, 3.05) is 6.79 Å². The highest BCUT2D eigenvalue weighted by atomic mass is 19.1. The van der Waals surface area contributed by atoms with E-state index in [1.807, 2.05) is 0 Å². The summed E-state index contributed by atoms with van der Waals surface area (Å²) in [5, 5.41) is 14.7. The molecule has 0 amide bonds. The summed E-state index contributed by atoms with van der Waals surface area (Å²) in [6, 6.07) is 8.88. The monoisotopic (exact) mass is 332 g/mol. The number of benzene rings is 2. The molecule has 1 aliphatic rings. The Morgan fingerprint density at radius 1 is 1.38 bits per heavy atom. The van der Waals surface area contributed by atoms with Gasteiger partial charge in [-0.3, -0.25) is 10.1 Å². The minimum Gasteiger partial charge on any atom is -0.467 e. The highest BCUT2D eigenvalue weighted by molar-refractivity contribution is 5.79. The quantitative estimate of drug-likeness (QED) is 0.477. The predicted octanol–water partition coefficient (Wildman–Crippen LogP) is 3.15. The van der Waals surface area contributed by atoms with E-state index in [4.69, 9.17) is 14.3 Å². The number of nitro benzene ring substituents is 1. The molecule has 0 fully saturated rings. The van der Waals surface area contributed by atoms with Gasteiger partial charge in [0.15, 0.2) is 6.79 Å². The minimum absolute atomic E-state index is 0.0467. The van der Waals surface area contributed by atoms with Gasteiger partial charge in [0.25, 0.3) is 5.69 Å². The zero-order valence-electron chi connectivity index (χ0n) is 12.5. The molecule has 3 rings (SSSR count). The predicted molar refractivity (Wildman–Crippen MR) is 82.2 cm³/mol. The molecule has 1 heterocycles. The van der Waals surface area contributed by atoms with Crippen molar-refractivity contribution >= 4 is 11.9 Å². The van der Waals surface area contributed by atoms with Crippen molar-refractivity contribution in [2.24, 2.45) is 5.16 Å². The van der Waals surface area contributed by atoms with Crippen molar-refractivity contribution in [3.8, 4) is 5.75 Å². The normalized spacial score (nSPS) is 13.4. The number of hydrogen-bond donors (Lipinski definition) is 0. The summed E-state index contributed by atoms with van der Waals surface area (Å²) < 4.78 is 24.0. The van der Waals surface area contributed by atoms with E-state index in [1.165, 1.54) is 24.4 Å². The highest BCUT2D eigenvalue weighted by Crippen LogP contribution is 2.33. The van der Waals surface area contributed by atoms with Gasteiger partial charge in [-0.15, -0.1) is 0 Å². The standard InChI is InChI=1S/C16H13FN2O5/c17-15-4-2-1-3-11(15)7-18-24-9-13-6-14(19(20)21)5-12-8-22-10-23-16(12)13/h1-7H,8-10H2/b18-7-. The van der Waals surface area contributed by atoms with Crippen LogP contribution in [-0.4, -0.2) is 17.9 Å². The smallest absolute Gasteiger partial charge is 0.270 e. The van der Waals surface area contributed by atoms with Crippen LogP contribution >= 0.6 is 0 Å². The van der Waals surface area contributed by atoms with Crippen molar-refractivity contribution in [3.63, 3.8) is 0 Å². The molecule has 2 aromatic carbocycles. The molecule has 0 bridgehead atoms. The van der Waals surface area contributed by atoms with E-state index < -0.39 is 10.7 Å². The summed E-state index contributed by atoms with van der Waals surface area (Å²) in [6.07, 6.45) is 1.24. The lowest BCUT2D eigenvalue weighted by atomic mass is 10.1. The Morgan fingerprint density at radius 2 is 2.21 bits per heavy atom. The summed E-state index contributed by atoms with van der Waals surface area (Å²) in [6.45, 7) is 0.244. The molecule has 7 nitrogen and oxygen atoms in total. The molecule has 124 valence electrons. The van der Waals surface area contributed by atoms with E-state index in [0.29, 0.717) is 16.9 Å². The summed E-state index contributed by atoms with van der Waals surface area (Å²) in [5.41, 5.74) is 1.25. The summed E-state index contributed by atoms with van der Waals surface area (Å²) in [7, 11) is 0. The molecular weight excluding hydrogens is 319 g/mol. The van der Waals surface area contributed by atoms with Crippen molar-refractivity contribution in [1.29, 1.82) is 0 Å². The average molecular weight is 332 g/mol. The number of rotatable bonds is 5. The summed E-state index contributed by atoms with van der Waals surface area (Å²) in [5.74, 6) is 0.0750. The maximum absolute atomic E-state index is 13.5. The van der Waals surface area contributed by atoms with Crippen molar-refractivity contribution in [3.05, 3.63) is 69.0 Å². The second-order valence-electron chi connectivity index (χ2n) is 4.99. The second kappa shape index (κ2) is 7.05. The van der Waals surface area contributed by atoms with Crippen LogP contribution in [0.2, 0.25) is 0 Å². The second-order valence-corrected chi connectivity index (χ2v) is 4.99. The molecule has 0 aromatic heterocycles. The number of hydrogen-bond acceptors (Lipinski definition) is 6. The van der Waals surface area contributed by atoms with E-state index in [0.717, 1.165) is 0 Å². The van der Waals surface area contributed by atoms with Crippen LogP contribution in [0.4, 0.5) is 10.1 Å². The number of nitro groups is 1. The molecule has 0 unspecified atom stereocenters. The van der Waals surface area contributed by atoms with E-state index >= 15 is 0 Å². The number of non-ortho nitro benzene ring substituents is 1. The topological polar surface area (TPSA) is 83.2 Å². The molecule has 0 N–H and O–H groups in total. The van der Waals surface area contributed by atoms with Crippen LogP contribution in [0.5, 0.6) is 5.75 Å². The first kappa shape index (κ1) is 15.9. The molecule has 8 heteroatoms. The molecule has 0 spiro atoms. The molecule has 0 saturated carbocycles. The van der Waals surface area contributed by atoms with Crippen LogP contribution in [0.3, 0.4) is 0 Å². The first-order valence-electron chi connectivity index (χ1n) is 7.06. The summed E-state index contributed by atoms with van der Waals surface area (Å²) >= 11 is 0. The van der Waals surface area contributed by atoms with E-state index in [-0.39, 0.29) is 31.3 Å². The van der Waals surface area contributed by atoms with Crippen LogP contribution in [0, 0.1) is 15.9 Å². The van der Waals surface area contributed by atoms with Gasteiger partial charge >= 0.3 is 0 Å². The molecule has 0 aliphatic carbocycles. The van der Waals surface area contributed by atoms with Gasteiger partial charge in [0.05, 0.1) is 17.7 Å². The zero-order valence-corrected chi connectivity index (χ0v) is 12.5. The zero-order chi connectivity index (χ0) is 16.9. The van der Waals surface area contributed by atoms with Gasteiger partial charge in [-0.1, -0.05) is 23.4 Å². The number of oxime groups is 1. The highest BCUT2D eigenvalue weighted by Gasteiger charge is 2.21. The Kier molecular flexibility index (Phi) is 4.66. The Morgan fingerprint density at radius 3 is 3.00 bits per heavy atom. The Labute approximate surface area is 136 Å². The molecule has 24 heavy (non-hydrogen) atoms. The van der Waals surface area contributed by atoms with Gasteiger partial charge in [0.1, 0.15) is 18.2 Å². The molecule has 0 atom stereocenters. The Hall–Kier alpha value is -3.00. The van der Waals surface area contributed by atoms with Crippen LogP contribution in [-0.2, 0) is 22.8 Å². The number of ether oxygens (including phenoxy) is 2. The molecule has 0 saturated heterocycles. The first-order chi connectivity index (χ1) is 11.6. The van der Waals surface area contributed by atoms with Gasteiger partial charge in [-0.25, -0.2) is 4.39 Å². The van der Waals surface area contributed by atoms with Crippen molar-refractivity contribution in [1.82, 2.24) is 0 Å². The fourth-order valence-corrected chi connectivity index (χ4v) is 2.27. The van der Waals surface area contributed by atoms with Crippen LogP contribution in [0.1, 0.15) is 16.7 Å². The van der Waals surface area contributed by atoms with Gasteiger partial charge in [0, 0.05) is 28.8 Å². The third-order valence-corrected chi connectivity index (χ3v) is 3.37. The largest absolute Gasteiger partial charge is 0.467 e. The lowest BCUT2D eigenvalue weighted by Crippen LogP contribution is -2.14. The molecule has 1 aliphatic heterocycles. The van der Waals surface area contributed by atoms with Gasteiger partial charge in [-0.2, -0.15) is 0 Å². The summed E-state index contributed by atoms with van der Waals surface area (Å²) in [4.78, 5) is 15.6. The Bertz CT molecular complexity index is 794. The number of halogens is 1. The van der Waals surface area contributed by atoms with Crippen LogP contribution < -0.4 is 4.74 Å². The van der Waals surface area contributed by atoms with E-state index in [1.54, 1.807) is 18.2 Å². The SMILES string of the molecule is O=[N+]([O-])c1cc2c(c(CO/N=C\c3ccccc3F)c1)OCOC2. The van der Waals surface area contributed by atoms with Gasteiger partial charge in [-0.05, 0) is 6.07 Å². The van der Waals surface area contributed by atoms with Gasteiger partial charge < -0.3 is 14.3 Å². The van der Waals surface area contributed by atoms with Crippen LogP contribution in [0.25, 0.3) is 0 Å². The lowest BCUT2D eigenvalue weighted by Gasteiger charge is -2.20. The fourth-order valence-electron chi connectivity index (χ4n) is 2.27. The third kappa shape index (κ3) is 3.49. The fraction of sp³-hybridized carbons (Fsp3) is 0.188. The van der Waals surface area contributed by atoms with Gasteiger partial charge in [0.2, 0.25) is 0 Å². The van der Waals surface area contributed by atoms with Crippen LogP contribution in [0.15, 0.2) is 41.6 Å². The van der Waals surface area contributed by atoms with E-state index in [2.05, 4.69) is 5.16 Å². The Balaban J connectivity index is 1.76. The third-order valence-electron chi connectivity index (χ3n) is 3.37. The lowest BCUT2D eigenvalue weighted by molar-refractivity contribution is -0.385. The average Bonchev–Trinajstić information content (AvgIpc) is 2.59. The number of nitrogens with zero attached hydrogens (tertiary/aromatic N) is 2. The van der Waals surface area contributed by atoms with E-state index in [9.17, 15) is 14.5 Å². The van der Waals surface area contributed by atoms with Crippen molar-refractivity contribution in [2.45, 2.75) is 13.2 Å². The number of fused-ring (bicyclic) bond motifs is 1. The van der Waals surface area contributed by atoms with Crippen molar-refractivity contribution < 1.29 is 23.6 Å². The molecule has 0 radical (unpaired) electrons. The maximum Gasteiger partial charge on any atom is 0.270 e. The molecule has 2 aromatic rings.